The number of nitrogens with zero attached hydrogens (tertiary/aromatic N) is 1. The smallest absolute Gasteiger partial charge is 0.264 e. The molecule has 0 radical (unpaired) electrons. The van der Waals surface area contributed by atoms with E-state index < -0.39 is 28.3 Å². The van der Waals surface area contributed by atoms with Gasteiger partial charge < -0.3 is 10.1 Å². The molecule has 0 aliphatic carbocycles. The van der Waals surface area contributed by atoms with Gasteiger partial charge in [-0.15, -0.1) is 0 Å². The SMILES string of the molecule is COc1ccc(CCCNC(=O)CN(c2ccc(F)cc2)S(=O)(=O)c2ccc(C)cc2)cc1. The highest BCUT2D eigenvalue weighted by Crippen LogP contribution is 2.24. The Balaban J connectivity index is 1.67. The first-order valence-corrected chi connectivity index (χ1v) is 12.0. The summed E-state index contributed by atoms with van der Waals surface area (Å²) >= 11 is 0. The molecule has 33 heavy (non-hydrogen) atoms. The van der Waals surface area contributed by atoms with Gasteiger partial charge in [0.05, 0.1) is 17.7 Å². The van der Waals surface area contributed by atoms with Crippen LogP contribution >= 0.6 is 0 Å². The molecule has 174 valence electrons. The molecule has 0 saturated carbocycles. The Bertz CT molecular complexity index is 1160. The van der Waals surface area contributed by atoms with Gasteiger partial charge in [0.1, 0.15) is 18.1 Å². The molecular formula is C25H27FN2O4S. The minimum absolute atomic E-state index is 0.0599. The maximum atomic E-state index is 13.4. The number of amides is 1. The summed E-state index contributed by atoms with van der Waals surface area (Å²) < 4.78 is 46.1. The van der Waals surface area contributed by atoms with Crippen molar-refractivity contribution in [1.29, 1.82) is 0 Å². The average molecular weight is 471 g/mol. The standard InChI is InChI=1S/C25H27FN2O4S/c1-19-5-15-24(16-6-19)33(30,31)28(22-11-9-21(26)10-12-22)18-25(29)27-17-3-4-20-7-13-23(32-2)14-8-20/h5-16H,3-4,17-18H2,1-2H3,(H,27,29). The normalized spacial score (nSPS) is 11.1. The number of aryl methyl sites for hydroxylation is 2. The van der Waals surface area contributed by atoms with E-state index in [1.54, 1.807) is 19.2 Å². The zero-order chi connectivity index (χ0) is 23.8. The second-order valence-corrected chi connectivity index (χ2v) is 9.47. The Hall–Kier alpha value is -3.39. The van der Waals surface area contributed by atoms with Gasteiger partial charge in [-0.05, 0) is 73.9 Å². The summed E-state index contributed by atoms with van der Waals surface area (Å²) in [7, 11) is -2.41. The first-order chi connectivity index (χ1) is 15.8. The minimum Gasteiger partial charge on any atom is -0.497 e. The van der Waals surface area contributed by atoms with Gasteiger partial charge in [-0.1, -0.05) is 29.8 Å². The second kappa shape index (κ2) is 11.0. The molecule has 0 saturated heterocycles. The van der Waals surface area contributed by atoms with E-state index in [4.69, 9.17) is 4.74 Å². The van der Waals surface area contributed by atoms with Gasteiger partial charge in [-0.2, -0.15) is 0 Å². The van der Waals surface area contributed by atoms with Gasteiger partial charge in [0.25, 0.3) is 10.0 Å². The fraction of sp³-hybridized carbons (Fsp3) is 0.240. The van der Waals surface area contributed by atoms with Gasteiger partial charge in [0, 0.05) is 6.54 Å². The third kappa shape index (κ3) is 6.55. The van der Waals surface area contributed by atoms with Crippen LogP contribution in [-0.2, 0) is 21.2 Å². The van der Waals surface area contributed by atoms with Crippen molar-refractivity contribution >= 4 is 21.6 Å². The number of anilines is 1. The summed E-state index contributed by atoms with van der Waals surface area (Å²) in [5, 5.41) is 2.78. The van der Waals surface area contributed by atoms with E-state index in [1.807, 2.05) is 31.2 Å². The Kier molecular flexibility index (Phi) is 8.06. The lowest BCUT2D eigenvalue weighted by Gasteiger charge is -2.24. The highest BCUT2D eigenvalue weighted by molar-refractivity contribution is 7.92. The number of halogens is 1. The summed E-state index contributed by atoms with van der Waals surface area (Å²) in [5.74, 6) is -0.151. The van der Waals surface area contributed by atoms with Crippen molar-refractivity contribution in [3.63, 3.8) is 0 Å². The monoisotopic (exact) mass is 470 g/mol. The van der Waals surface area contributed by atoms with E-state index in [0.717, 1.165) is 27.6 Å². The van der Waals surface area contributed by atoms with Crippen molar-refractivity contribution in [2.24, 2.45) is 0 Å². The maximum Gasteiger partial charge on any atom is 0.264 e. The molecule has 0 aromatic heterocycles. The lowest BCUT2D eigenvalue weighted by atomic mass is 10.1. The number of ether oxygens (including phenoxy) is 1. The van der Waals surface area contributed by atoms with Crippen LogP contribution in [0.15, 0.2) is 77.7 Å². The second-order valence-electron chi connectivity index (χ2n) is 7.60. The summed E-state index contributed by atoms with van der Waals surface area (Å²) in [5.41, 5.74) is 2.24. The lowest BCUT2D eigenvalue weighted by Crippen LogP contribution is -2.41. The van der Waals surface area contributed by atoms with Crippen molar-refractivity contribution in [2.75, 3.05) is 24.5 Å². The van der Waals surface area contributed by atoms with Crippen LogP contribution in [0.25, 0.3) is 0 Å². The van der Waals surface area contributed by atoms with Crippen molar-refractivity contribution in [3.8, 4) is 5.75 Å². The van der Waals surface area contributed by atoms with E-state index in [-0.39, 0.29) is 10.6 Å². The number of methoxy groups -OCH3 is 1. The van der Waals surface area contributed by atoms with E-state index >= 15 is 0 Å². The molecule has 0 aliphatic heterocycles. The summed E-state index contributed by atoms with van der Waals surface area (Å²) in [6.45, 7) is 1.84. The summed E-state index contributed by atoms with van der Waals surface area (Å²) in [4.78, 5) is 12.7. The van der Waals surface area contributed by atoms with Gasteiger partial charge in [-0.25, -0.2) is 12.8 Å². The van der Waals surface area contributed by atoms with Crippen LogP contribution in [0, 0.1) is 12.7 Å². The van der Waals surface area contributed by atoms with E-state index in [1.165, 1.54) is 36.4 Å². The number of sulfonamides is 1. The molecule has 8 heteroatoms. The van der Waals surface area contributed by atoms with Gasteiger partial charge in [0.15, 0.2) is 0 Å². The molecule has 0 spiro atoms. The Labute approximate surface area is 194 Å². The van der Waals surface area contributed by atoms with Crippen molar-refractivity contribution in [3.05, 3.63) is 89.7 Å². The first kappa shape index (κ1) is 24.3. The third-order valence-electron chi connectivity index (χ3n) is 5.13. The maximum absolute atomic E-state index is 13.4. The molecule has 0 fully saturated rings. The molecule has 0 bridgehead atoms. The number of carbonyl (C=O) groups is 1. The first-order valence-electron chi connectivity index (χ1n) is 10.5. The third-order valence-corrected chi connectivity index (χ3v) is 6.92. The molecule has 0 unspecified atom stereocenters. The molecule has 0 heterocycles. The Morgan fingerprint density at radius 3 is 2.21 bits per heavy atom. The summed E-state index contributed by atoms with van der Waals surface area (Å²) in [6, 6.07) is 19.1. The minimum atomic E-state index is -4.02. The summed E-state index contributed by atoms with van der Waals surface area (Å²) in [6.07, 6.45) is 1.45. The highest BCUT2D eigenvalue weighted by atomic mass is 32.2. The molecule has 3 rings (SSSR count). The van der Waals surface area contributed by atoms with Crippen molar-refractivity contribution in [2.45, 2.75) is 24.7 Å². The topological polar surface area (TPSA) is 75.7 Å². The number of hydrogen-bond donors (Lipinski definition) is 1. The molecule has 6 nitrogen and oxygen atoms in total. The van der Waals surface area contributed by atoms with Crippen LogP contribution in [-0.4, -0.2) is 34.5 Å². The largest absolute Gasteiger partial charge is 0.497 e. The number of nitrogens with one attached hydrogen (secondary N) is 1. The fourth-order valence-corrected chi connectivity index (χ4v) is 4.68. The predicted octanol–water partition coefficient (Wildman–Crippen LogP) is 4.09. The molecule has 1 amide bonds. The number of benzene rings is 3. The van der Waals surface area contributed by atoms with Gasteiger partial charge in [0.2, 0.25) is 5.91 Å². The number of hydrogen-bond acceptors (Lipinski definition) is 4. The Morgan fingerprint density at radius 1 is 0.970 bits per heavy atom. The van der Waals surface area contributed by atoms with Crippen LogP contribution in [0.3, 0.4) is 0 Å². The molecule has 0 atom stereocenters. The van der Waals surface area contributed by atoms with E-state index in [0.29, 0.717) is 13.0 Å². The zero-order valence-electron chi connectivity index (χ0n) is 18.6. The number of carbonyl (C=O) groups excluding carboxylic acids is 1. The number of rotatable bonds is 10. The lowest BCUT2D eigenvalue weighted by molar-refractivity contribution is -0.119. The van der Waals surface area contributed by atoms with Gasteiger partial charge >= 0.3 is 0 Å². The molecule has 0 aliphatic rings. The predicted molar refractivity (Wildman–Crippen MR) is 126 cm³/mol. The Morgan fingerprint density at radius 2 is 1.61 bits per heavy atom. The van der Waals surface area contributed by atoms with Crippen LogP contribution in [0.4, 0.5) is 10.1 Å². The van der Waals surface area contributed by atoms with Crippen LogP contribution in [0.2, 0.25) is 0 Å². The fourth-order valence-electron chi connectivity index (χ4n) is 3.26. The van der Waals surface area contributed by atoms with E-state index in [9.17, 15) is 17.6 Å². The quantitative estimate of drug-likeness (QED) is 0.453. The van der Waals surface area contributed by atoms with Crippen LogP contribution in [0.1, 0.15) is 17.5 Å². The van der Waals surface area contributed by atoms with Crippen LogP contribution in [0.5, 0.6) is 5.75 Å². The molecule has 1 N–H and O–H groups in total. The highest BCUT2D eigenvalue weighted by Gasteiger charge is 2.27. The molecule has 3 aromatic carbocycles. The van der Waals surface area contributed by atoms with Gasteiger partial charge in [-0.3, -0.25) is 9.10 Å². The van der Waals surface area contributed by atoms with Crippen LogP contribution < -0.4 is 14.4 Å². The zero-order valence-corrected chi connectivity index (χ0v) is 19.4. The van der Waals surface area contributed by atoms with Crippen molar-refractivity contribution < 1.29 is 22.3 Å². The average Bonchev–Trinajstić information content (AvgIpc) is 2.81. The molecular weight excluding hydrogens is 443 g/mol. The van der Waals surface area contributed by atoms with Crippen molar-refractivity contribution in [1.82, 2.24) is 5.32 Å². The van der Waals surface area contributed by atoms with E-state index in [2.05, 4.69) is 5.32 Å². The molecule has 3 aromatic rings.